The molecule has 0 spiro atoms. The van der Waals surface area contributed by atoms with Crippen molar-refractivity contribution in [2.75, 3.05) is 13.1 Å². The van der Waals surface area contributed by atoms with Gasteiger partial charge in [-0.1, -0.05) is 55.8 Å². The van der Waals surface area contributed by atoms with Gasteiger partial charge in [0.05, 0.1) is 9.39 Å². The van der Waals surface area contributed by atoms with E-state index in [4.69, 9.17) is 16.4 Å². The van der Waals surface area contributed by atoms with Gasteiger partial charge >= 0.3 is 0 Å². The minimum absolute atomic E-state index is 0.250. The summed E-state index contributed by atoms with van der Waals surface area (Å²) in [5.74, 6) is 0.313. The highest BCUT2D eigenvalue weighted by Crippen LogP contribution is 2.38. The van der Waals surface area contributed by atoms with Crippen LogP contribution in [0.25, 0.3) is 0 Å². The Hall–Kier alpha value is -1.14. The highest BCUT2D eigenvalue weighted by Gasteiger charge is 2.33. The number of piperidine rings is 1. The largest absolute Gasteiger partial charge is 0.372 e. The summed E-state index contributed by atoms with van der Waals surface area (Å²) in [4.78, 5) is 25.3. The van der Waals surface area contributed by atoms with E-state index < -0.39 is 0 Å². The summed E-state index contributed by atoms with van der Waals surface area (Å²) in [7, 11) is 0. The number of primary amides is 1. The molecule has 0 aromatic carbocycles. The van der Waals surface area contributed by atoms with Gasteiger partial charge in [0, 0.05) is 31.6 Å². The van der Waals surface area contributed by atoms with Crippen molar-refractivity contribution in [2.45, 2.75) is 77.3 Å². The summed E-state index contributed by atoms with van der Waals surface area (Å²) in [6.45, 7) is 10.1. The Morgan fingerprint density at radius 2 is 1.78 bits per heavy atom. The SMILES string of the molecule is C=C(S/C(Cl)=C\C)N(C1CCCC1)C1CCN(C(=O)CCC)CC1.NC=O. The average Bonchev–Trinajstić information content (AvgIpc) is 3.17. The number of allylic oxidation sites excluding steroid dienone is 1. The number of halogens is 1. The van der Waals surface area contributed by atoms with E-state index in [0.29, 0.717) is 24.4 Å². The minimum atomic E-state index is 0.250. The Morgan fingerprint density at radius 1 is 1.26 bits per heavy atom. The Kier molecular flexibility index (Phi) is 11.6. The summed E-state index contributed by atoms with van der Waals surface area (Å²) in [5, 5.41) is 1.07. The maximum absolute atomic E-state index is 12.1. The van der Waals surface area contributed by atoms with Crippen molar-refractivity contribution in [1.82, 2.24) is 9.80 Å². The van der Waals surface area contributed by atoms with Crippen molar-refractivity contribution in [3.63, 3.8) is 0 Å². The molecule has 0 atom stereocenters. The third-order valence-corrected chi connectivity index (χ3v) is 6.45. The lowest BCUT2D eigenvalue weighted by atomic mass is 10.0. The molecule has 2 rings (SSSR count). The average molecular weight is 416 g/mol. The summed E-state index contributed by atoms with van der Waals surface area (Å²) < 4.78 is 0.790. The molecule has 2 amide bonds. The number of amides is 2. The Morgan fingerprint density at radius 3 is 2.26 bits per heavy atom. The normalized spacial score (nSPS) is 18.6. The van der Waals surface area contributed by atoms with Crippen LogP contribution < -0.4 is 5.73 Å². The summed E-state index contributed by atoms with van der Waals surface area (Å²) in [5.41, 5.74) is 4.17. The third kappa shape index (κ3) is 7.78. The molecule has 7 heteroatoms. The van der Waals surface area contributed by atoms with Gasteiger partial charge in [0.2, 0.25) is 12.3 Å². The monoisotopic (exact) mass is 415 g/mol. The fourth-order valence-electron chi connectivity index (χ4n) is 3.88. The van der Waals surface area contributed by atoms with Gasteiger partial charge in [-0.2, -0.15) is 0 Å². The van der Waals surface area contributed by atoms with E-state index in [0.717, 1.165) is 41.7 Å². The van der Waals surface area contributed by atoms with Crippen molar-refractivity contribution >= 4 is 35.7 Å². The van der Waals surface area contributed by atoms with Gasteiger partial charge in [-0.05, 0) is 39.0 Å². The van der Waals surface area contributed by atoms with E-state index in [9.17, 15) is 4.79 Å². The molecule has 154 valence electrons. The molecule has 1 heterocycles. The smallest absolute Gasteiger partial charge is 0.222 e. The van der Waals surface area contributed by atoms with Crippen molar-refractivity contribution in [1.29, 1.82) is 0 Å². The van der Waals surface area contributed by atoms with Gasteiger partial charge < -0.3 is 15.5 Å². The molecule has 1 saturated carbocycles. The van der Waals surface area contributed by atoms with E-state index >= 15 is 0 Å². The Bertz CT molecular complexity index is 513. The van der Waals surface area contributed by atoms with Crippen molar-refractivity contribution < 1.29 is 9.59 Å². The summed E-state index contributed by atoms with van der Waals surface area (Å²) in [6.07, 6.45) is 11.0. The first-order valence-electron chi connectivity index (χ1n) is 9.88. The fourth-order valence-corrected chi connectivity index (χ4v) is 4.89. The zero-order chi connectivity index (χ0) is 20.2. The minimum Gasteiger partial charge on any atom is -0.372 e. The molecule has 27 heavy (non-hydrogen) atoms. The van der Waals surface area contributed by atoms with Crippen LogP contribution in [0.5, 0.6) is 0 Å². The van der Waals surface area contributed by atoms with Crippen molar-refractivity contribution in [3.05, 3.63) is 22.0 Å². The second kappa shape index (κ2) is 13.1. The van der Waals surface area contributed by atoms with Gasteiger partial charge in [0.15, 0.2) is 0 Å². The van der Waals surface area contributed by atoms with Crippen LogP contribution in [0.2, 0.25) is 0 Å². The molecular formula is C20H34ClN3O2S. The highest BCUT2D eigenvalue weighted by molar-refractivity contribution is 8.08. The summed E-state index contributed by atoms with van der Waals surface area (Å²) in [6, 6.07) is 1.08. The molecule has 0 aromatic rings. The van der Waals surface area contributed by atoms with E-state index in [2.05, 4.69) is 24.1 Å². The Labute approximate surface area is 173 Å². The molecule has 1 saturated heterocycles. The van der Waals surface area contributed by atoms with E-state index in [1.54, 1.807) is 11.8 Å². The fraction of sp³-hybridized carbons (Fsp3) is 0.700. The molecular weight excluding hydrogens is 382 g/mol. The molecule has 2 N–H and O–H groups in total. The lowest BCUT2D eigenvalue weighted by Gasteiger charge is -2.43. The van der Waals surface area contributed by atoms with Crippen LogP contribution in [-0.4, -0.2) is 47.3 Å². The van der Waals surface area contributed by atoms with Crippen LogP contribution in [-0.2, 0) is 9.59 Å². The highest BCUT2D eigenvalue weighted by atomic mass is 35.5. The van der Waals surface area contributed by atoms with Crippen molar-refractivity contribution in [3.8, 4) is 0 Å². The van der Waals surface area contributed by atoms with Gasteiger partial charge in [0.25, 0.3) is 0 Å². The molecule has 0 aromatic heterocycles. The van der Waals surface area contributed by atoms with E-state index in [1.807, 2.05) is 17.9 Å². The van der Waals surface area contributed by atoms with Crippen LogP contribution in [0.1, 0.15) is 65.2 Å². The maximum atomic E-state index is 12.1. The Balaban J connectivity index is 0.00000114. The third-order valence-electron chi connectivity index (χ3n) is 5.12. The topological polar surface area (TPSA) is 66.6 Å². The van der Waals surface area contributed by atoms with Gasteiger partial charge in [-0.15, -0.1) is 0 Å². The number of hydrogen-bond donors (Lipinski definition) is 1. The number of thioether (sulfide) groups is 1. The quantitative estimate of drug-likeness (QED) is 0.624. The molecule has 2 aliphatic rings. The first kappa shape index (κ1) is 23.9. The molecule has 5 nitrogen and oxygen atoms in total. The number of likely N-dealkylation sites (tertiary alicyclic amines) is 1. The van der Waals surface area contributed by atoms with Crippen LogP contribution in [0.3, 0.4) is 0 Å². The van der Waals surface area contributed by atoms with E-state index in [-0.39, 0.29) is 6.41 Å². The first-order valence-corrected chi connectivity index (χ1v) is 11.1. The summed E-state index contributed by atoms with van der Waals surface area (Å²) >= 11 is 7.81. The number of rotatable bonds is 7. The first-order chi connectivity index (χ1) is 13.0. The molecule has 0 unspecified atom stereocenters. The van der Waals surface area contributed by atoms with Crippen LogP contribution in [0.15, 0.2) is 22.0 Å². The van der Waals surface area contributed by atoms with Crippen LogP contribution in [0.4, 0.5) is 0 Å². The number of hydrogen-bond acceptors (Lipinski definition) is 4. The predicted octanol–water partition coefficient (Wildman–Crippen LogP) is 4.43. The lowest BCUT2D eigenvalue weighted by molar-refractivity contribution is -0.132. The molecule has 1 aliphatic heterocycles. The molecule has 1 aliphatic carbocycles. The van der Waals surface area contributed by atoms with Crippen molar-refractivity contribution in [2.24, 2.45) is 5.73 Å². The number of nitrogens with two attached hydrogens (primary N) is 1. The molecule has 0 bridgehead atoms. The zero-order valence-corrected chi connectivity index (χ0v) is 18.2. The lowest BCUT2D eigenvalue weighted by Crippen LogP contribution is -2.48. The zero-order valence-electron chi connectivity index (χ0n) is 16.7. The number of nitrogens with zero attached hydrogens (tertiary/aromatic N) is 2. The van der Waals surface area contributed by atoms with E-state index in [1.165, 1.54) is 25.7 Å². The van der Waals surface area contributed by atoms with Gasteiger partial charge in [-0.25, -0.2) is 0 Å². The van der Waals surface area contributed by atoms with Gasteiger partial charge in [0.1, 0.15) is 0 Å². The standard InChI is InChI=1S/C19H31ClN2OS.CH3NO/c1-4-8-19(23)21-13-11-17(12-14-21)22(16-9-6-7-10-16)15(3)24-18(20)5-2;2-1-3/h5,16-17H,3-4,6-14H2,1-2H3;1H,(H2,2,3)/b18-5-;. The number of carbonyl (C=O) groups is 2. The molecule has 0 radical (unpaired) electrons. The predicted molar refractivity (Wildman–Crippen MR) is 115 cm³/mol. The van der Waals surface area contributed by atoms with Crippen LogP contribution >= 0.6 is 23.4 Å². The second-order valence-corrected chi connectivity index (χ2v) is 8.68. The van der Waals surface area contributed by atoms with Crippen LogP contribution in [0, 0.1) is 0 Å². The molecule has 2 fully saturated rings. The maximum Gasteiger partial charge on any atom is 0.222 e. The second-order valence-electron chi connectivity index (χ2n) is 6.93. The van der Waals surface area contributed by atoms with Gasteiger partial charge in [-0.3, -0.25) is 9.59 Å². The number of carbonyl (C=O) groups excluding carboxylic acids is 2.